The molecule has 2 aliphatic rings. The number of anilines is 2. The summed E-state index contributed by atoms with van der Waals surface area (Å²) in [6.45, 7) is 2.98. The maximum Gasteiger partial charge on any atom is 0.325 e. The highest BCUT2D eigenvalue weighted by atomic mass is 16.7. The van der Waals surface area contributed by atoms with Gasteiger partial charge in [-0.2, -0.15) is 0 Å². The zero-order chi connectivity index (χ0) is 20.2. The number of fused-ring (bicyclic) bond motifs is 1. The number of urea groups is 1. The van der Waals surface area contributed by atoms with Gasteiger partial charge >= 0.3 is 6.03 Å². The number of aromatic hydroxyl groups is 1. The van der Waals surface area contributed by atoms with Crippen molar-refractivity contribution in [1.82, 2.24) is 10.2 Å². The molecule has 0 aliphatic carbocycles. The van der Waals surface area contributed by atoms with Gasteiger partial charge in [-0.3, -0.25) is 15.0 Å². The monoisotopic (exact) mass is 398 g/mol. The fraction of sp³-hybridized carbons (Fsp3) is 0.300. The molecule has 2 aliphatic heterocycles. The number of phenolic OH excluding ortho intramolecular Hbond substituents is 1. The second kappa shape index (κ2) is 8.27. The number of piperazine rings is 1. The van der Waals surface area contributed by atoms with Crippen molar-refractivity contribution in [3.8, 4) is 17.2 Å². The van der Waals surface area contributed by atoms with Crippen LogP contribution in [0.3, 0.4) is 0 Å². The van der Waals surface area contributed by atoms with Crippen LogP contribution in [0.1, 0.15) is 0 Å². The molecule has 29 heavy (non-hydrogen) atoms. The Balaban J connectivity index is 1.23. The molecule has 152 valence electrons. The second-order valence-corrected chi connectivity index (χ2v) is 6.82. The molecule has 2 aromatic carbocycles. The SMILES string of the molecule is O=C(CN1CCN(c2ccccc2O)CC1)NC(=O)Nc1ccc2c(c1)OCO2. The number of benzene rings is 2. The lowest BCUT2D eigenvalue weighted by molar-refractivity contribution is -0.121. The van der Waals surface area contributed by atoms with Gasteiger partial charge in [0.15, 0.2) is 11.5 Å². The molecule has 0 radical (unpaired) electrons. The van der Waals surface area contributed by atoms with Gasteiger partial charge in [0.25, 0.3) is 0 Å². The Morgan fingerprint density at radius 1 is 1.00 bits per heavy atom. The third-order valence-electron chi connectivity index (χ3n) is 4.85. The highest BCUT2D eigenvalue weighted by Crippen LogP contribution is 2.34. The number of carbonyl (C=O) groups excluding carboxylic acids is 2. The highest BCUT2D eigenvalue weighted by molar-refractivity contribution is 6.01. The van der Waals surface area contributed by atoms with E-state index in [-0.39, 0.29) is 25.0 Å². The third kappa shape index (κ3) is 4.52. The minimum Gasteiger partial charge on any atom is -0.506 e. The molecule has 0 spiro atoms. The summed E-state index contributed by atoms with van der Waals surface area (Å²) in [6, 6.07) is 11.6. The second-order valence-electron chi connectivity index (χ2n) is 6.82. The van der Waals surface area contributed by atoms with Crippen molar-refractivity contribution in [2.24, 2.45) is 0 Å². The first-order valence-electron chi connectivity index (χ1n) is 9.34. The standard InChI is InChI=1S/C20H22N4O5/c25-16-4-2-1-3-15(16)24-9-7-23(8-10-24)12-19(26)22-20(27)21-14-5-6-17-18(11-14)29-13-28-17/h1-6,11,25H,7-10,12-13H2,(H2,21,22,26,27). The molecule has 0 atom stereocenters. The van der Waals surface area contributed by atoms with E-state index >= 15 is 0 Å². The van der Waals surface area contributed by atoms with Crippen molar-refractivity contribution < 1.29 is 24.2 Å². The summed E-state index contributed by atoms with van der Waals surface area (Å²) < 4.78 is 10.5. The van der Waals surface area contributed by atoms with E-state index < -0.39 is 6.03 Å². The van der Waals surface area contributed by atoms with Crippen LogP contribution in [0.5, 0.6) is 17.2 Å². The van der Waals surface area contributed by atoms with Gasteiger partial charge in [-0.05, 0) is 24.3 Å². The number of nitrogens with one attached hydrogen (secondary N) is 2. The maximum absolute atomic E-state index is 12.2. The van der Waals surface area contributed by atoms with Crippen LogP contribution < -0.4 is 25.0 Å². The largest absolute Gasteiger partial charge is 0.506 e. The smallest absolute Gasteiger partial charge is 0.325 e. The lowest BCUT2D eigenvalue weighted by Crippen LogP contribution is -2.50. The predicted molar refractivity (Wildman–Crippen MR) is 106 cm³/mol. The van der Waals surface area contributed by atoms with Crippen LogP contribution in [0, 0.1) is 0 Å². The topological polar surface area (TPSA) is 103 Å². The molecule has 0 aromatic heterocycles. The van der Waals surface area contributed by atoms with E-state index in [2.05, 4.69) is 15.5 Å². The Bertz CT molecular complexity index is 911. The number of carbonyl (C=O) groups is 2. The number of ether oxygens (including phenoxy) is 2. The summed E-state index contributed by atoms with van der Waals surface area (Å²) in [4.78, 5) is 28.3. The van der Waals surface area contributed by atoms with Crippen molar-refractivity contribution >= 4 is 23.3 Å². The maximum atomic E-state index is 12.2. The minimum absolute atomic E-state index is 0.128. The first kappa shape index (κ1) is 18.9. The molecule has 9 heteroatoms. The average molecular weight is 398 g/mol. The zero-order valence-corrected chi connectivity index (χ0v) is 15.8. The number of hydrogen-bond acceptors (Lipinski definition) is 7. The molecule has 2 heterocycles. The molecule has 1 saturated heterocycles. The summed E-state index contributed by atoms with van der Waals surface area (Å²) in [5.74, 6) is 1.05. The zero-order valence-electron chi connectivity index (χ0n) is 15.8. The Morgan fingerprint density at radius 3 is 2.55 bits per heavy atom. The Morgan fingerprint density at radius 2 is 1.76 bits per heavy atom. The van der Waals surface area contributed by atoms with Crippen molar-refractivity contribution in [3.63, 3.8) is 0 Å². The van der Waals surface area contributed by atoms with Gasteiger partial charge in [0.1, 0.15) is 5.75 Å². The van der Waals surface area contributed by atoms with Gasteiger partial charge in [0, 0.05) is 37.9 Å². The van der Waals surface area contributed by atoms with E-state index in [1.807, 2.05) is 17.0 Å². The van der Waals surface area contributed by atoms with Gasteiger partial charge in [-0.25, -0.2) is 4.79 Å². The molecule has 0 bridgehead atoms. The summed E-state index contributed by atoms with van der Waals surface area (Å²) >= 11 is 0. The average Bonchev–Trinajstić information content (AvgIpc) is 3.17. The molecule has 4 rings (SSSR count). The lowest BCUT2D eigenvalue weighted by Gasteiger charge is -2.35. The molecule has 3 N–H and O–H groups in total. The number of imide groups is 1. The summed E-state index contributed by atoms with van der Waals surface area (Å²) in [6.07, 6.45) is 0. The summed E-state index contributed by atoms with van der Waals surface area (Å²) in [5.41, 5.74) is 1.30. The van der Waals surface area contributed by atoms with E-state index in [0.29, 0.717) is 43.4 Å². The van der Waals surface area contributed by atoms with Crippen LogP contribution in [-0.2, 0) is 4.79 Å². The molecule has 2 aromatic rings. The van der Waals surface area contributed by atoms with Crippen LogP contribution in [-0.4, -0.2) is 61.5 Å². The number of nitrogens with zero attached hydrogens (tertiary/aromatic N) is 2. The highest BCUT2D eigenvalue weighted by Gasteiger charge is 2.21. The molecule has 0 saturated carbocycles. The molecule has 3 amide bonds. The van der Waals surface area contributed by atoms with E-state index in [4.69, 9.17) is 9.47 Å². The Labute approximate surface area is 167 Å². The number of amides is 3. The van der Waals surface area contributed by atoms with Gasteiger partial charge in [0.05, 0.1) is 12.2 Å². The van der Waals surface area contributed by atoms with E-state index in [1.54, 1.807) is 30.3 Å². The number of phenols is 1. The Hall–Kier alpha value is -3.46. The number of hydrogen-bond donors (Lipinski definition) is 3. The van der Waals surface area contributed by atoms with Crippen LogP contribution in [0.25, 0.3) is 0 Å². The minimum atomic E-state index is -0.596. The van der Waals surface area contributed by atoms with Gasteiger partial charge in [0.2, 0.25) is 12.7 Å². The van der Waals surface area contributed by atoms with Crippen molar-refractivity contribution in [2.45, 2.75) is 0 Å². The van der Waals surface area contributed by atoms with Gasteiger partial charge in [-0.15, -0.1) is 0 Å². The first-order chi connectivity index (χ1) is 14.1. The Kier molecular flexibility index (Phi) is 5.39. The van der Waals surface area contributed by atoms with Crippen LogP contribution in [0.4, 0.5) is 16.2 Å². The quantitative estimate of drug-likeness (QED) is 0.719. The predicted octanol–water partition coefficient (Wildman–Crippen LogP) is 1.59. The number of rotatable bonds is 4. The van der Waals surface area contributed by atoms with Gasteiger partial charge < -0.3 is 24.8 Å². The fourth-order valence-electron chi connectivity index (χ4n) is 3.38. The van der Waals surface area contributed by atoms with Crippen molar-refractivity contribution in [1.29, 1.82) is 0 Å². The van der Waals surface area contributed by atoms with Crippen molar-refractivity contribution in [3.05, 3.63) is 42.5 Å². The molecule has 0 unspecified atom stereocenters. The van der Waals surface area contributed by atoms with Crippen molar-refractivity contribution in [2.75, 3.05) is 49.7 Å². The van der Waals surface area contributed by atoms with Crippen LogP contribution in [0.15, 0.2) is 42.5 Å². The summed E-state index contributed by atoms with van der Waals surface area (Å²) in [5, 5.41) is 14.9. The molecular weight excluding hydrogens is 376 g/mol. The first-order valence-corrected chi connectivity index (χ1v) is 9.34. The summed E-state index contributed by atoms with van der Waals surface area (Å²) in [7, 11) is 0. The van der Waals surface area contributed by atoms with Gasteiger partial charge in [-0.1, -0.05) is 12.1 Å². The van der Waals surface area contributed by atoms with Crippen LogP contribution >= 0.6 is 0 Å². The number of para-hydroxylation sites is 2. The third-order valence-corrected chi connectivity index (χ3v) is 4.85. The molecule has 1 fully saturated rings. The van der Waals surface area contributed by atoms with Crippen LogP contribution in [0.2, 0.25) is 0 Å². The fourth-order valence-corrected chi connectivity index (χ4v) is 3.38. The van der Waals surface area contributed by atoms with E-state index in [9.17, 15) is 14.7 Å². The van der Waals surface area contributed by atoms with E-state index in [0.717, 1.165) is 5.69 Å². The normalized spacial score (nSPS) is 15.8. The molecular formula is C20H22N4O5. The lowest BCUT2D eigenvalue weighted by atomic mass is 10.2. The molecule has 9 nitrogen and oxygen atoms in total. The van der Waals surface area contributed by atoms with E-state index in [1.165, 1.54) is 0 Å².